The van der Waals surface area contributed by atoms with Gasteiger partial charge in [0.25, 0.3) is 0 Å². The van der Waals surface area contributed by atoms with E-state index in [4.69, 9.17) is 9.47 Å². The Morgan fingerprint density at radius 2 is 1.04 bits per heavy atom. The fourth-order valence-corrected chi connectivity index (χ4v) is 4.15. The number of rotatable bonds is 4. The molecule has 0 heterocycles. The van der Waals surface area contributed by atoms with Gasteiger partial charge in [0.2, 0.25) is 0 Å². The fraction of sp³-hybridized carbons (Fsp3) is 0.647. The van der Waals surface area contributed by atoms with Crippen LogP contribution in [0, 0.1) is 22.7 Å². The first kappa shape index (κ1) is 20.5. The molecule has 0 aromatic carbocycles. The topological polar surface area (TPSA) is 139 Å². The maximum Gasteiger partial charge on any atom is 0.319 e. The maximum atomic E-state index is 13.1. The highest BCUT2D eigenvalue weighted by atomic mass is 16.5. The van der Waals surface area contributed by atoms with E-state index in [1.54, 1.807) is 0 Å². The van der Waals surface area contributed by atoms with Gasteiger partial charge in [0, 0.05) is 0 Å². The van der Waals surface area contributed by atoms with E-state index in [0.717, 1.165) is 28.4 Å². The number of carbonyl (C=O) groups is 6. The van der Waals surface area contributed by atoms with Crippen LogP contribution in [0.2, 0.25) is 0 Å². The molecule has 2 saturated carbocycles. The summed E-state index contributed by atoms with van der Waals surface area (Å²) >= 11 is 0. The summed E-state index contributed by atoms with van der Waals surface area (Å²) in [6.07, 6.45) is -1.66. The Labute approximate surface area is 154 Å². The first-order chi connectivity index (χ1) is 12.6. The molecular weight excluding hydrogens is 364 g/mol. The second-order valence-corrected chi connectivity index (χ2v) is 6.61. The Bertz CT molecular complexity index is 665. The van der Waals surface area contributed by atoms with E-state index >= 15 is 0 Å². The van der Waals surface area contributed by atoms with Gasteiger partial charge < -0.3 is 18.9 Å². The molecule has 2 aliphatic carbocycles. The maximum absolute atomic E-state index is 13.1. The molecule has 0 saturated heterocycles. The predicted molar refractivity (Wildman–Crippen MR) is 83.8 cm³/mol. The zero-order chi connectivity index (χ0) is 20.6. The summed E-state index contributed by atoms with van der Waals surface area (Å²) in [5, 5.41) is 0. The van der Waals surface area contributed by atoms with E-state index in [9.17, 15) is 28.8 Å². The van der Waals surface area contributed by atoms with Crippen LogP contribution < -0.4 is 0 Å². The van der Waals surface area contributed by atoms with Crippen molar-refractivity contribution in [1.29, 1.82) is 0 Å². The van der Waals surface area contributed by atoms with Gasteiger partial charge in [-0.2, -0.15) is 0 Å². The molecule has 2 bridgehead atoms. The summed E-state index contributed by atoms with van der Waals surface area (Å²) in [6, 6.07) is 0. The number of ketones is 2. The van der Waals surface area contributed by atoms with Crippen molar-refractivity contribution in [1.82, 2.24) is 0 Å². The zero-order valence-corrected chi connectivity index (χ0v) is 15.4. The van der Waals surface area contributed by atoms with Crippen LogP contribution in [0.15, 0.2) is 0 Å². The first-order valence-electron chi connectivity index (χ1n) is 8.06. The molecule has 0 N–H and O–H groups in total. The van der Waals surface area contributed by atoms with Gasteiger partial charge in [-0.05, 0) is 19.3 Å². The third-order valence-electron chi connectivity index (χ3n) is 5.41. The molecule has 148 valence electrons. The van der Waals surface area contributed by atoms with E-state index in [-0.39, 0.29) is 0 Å². The van der Waals surface area contributed by atoms with Gasteiger partial charge in [0.05, 0.1) is 28.4 Å². The number of esters is 4. The summed E-state index contributed by atoms with van der Waals surface area (Å²) in [4.78, 5) is 75.5. The van der Waals surface area contributed by atoms with Crippen molar-refractivity contribution >= 4 is 35.4 Å². The number of Topliss-reactive ketones (excluding diaryl/α,β-unsaturated/α-hetero) is 2. The minimum Gasteiger partial charge on any atom is -0.468 e. The largest absolute Gasteiger partial charge is 0.468 e. The van der Waals surface area contributed by atoms with Gasteiger partial charge in [-0.3, -0.25) is 28.8 Å². The molecule has 0 aliphatic heterocycles. The monoisotopic (exact) mass is 384 g/mol. The third kappa shape index (κ3) is 2.79. The SMILES string of the molecule is COC(=O)C1CC2(C(=O)OC)CC(C(=O)OC)(CC(C(=O)OC)C2=O)C1=O. The first-order valence-corrected chi connectivity index (χ1v) is 8.06. The number of ether oxygens (including phenoxy) is 4. The highest BCUT2D eigenvalue weighted by Crippen LogP contribution is 2.57. The highest BCUT2D eigenvalue weighted by molar-refractivity contribution is 6.21. The summed E-state index contributed by atoms with van der Waals surface area (Å²) in [5.41, 5.74) is -4.10. The standard InChI is InChI=1S/C17H20O10/c1-24-12(20)8-5-16(14(22)26-3)7-17(10(8)18,15(23)27-4)6-9(11(16)19)13(21)25-2/h8-9H,5-7H2,1-4H3. The minimum absolute atomic E-state index is 0.544. The van der Waals surface area contributed by atoms with Crippen molar-refractivity contribution in [2.45, 2.75) is 19.3 Å². The zero-order valence-electron chi connectivity index (χ0n) is 15.4. The quantitative estimate of drug-likeness (QED) is 0.344. The second kappa shape index (κ2) is 7.09. The molecule has 2 aliphatic rings. The minimum atomic E-state index is -2.05. The van der Waals surface area contributed by atoms with Crippen LogP contribution >= 0.6 is 0 Å². The number of fused-ring (bicyclic) bond motifs is 2. The van der Waals surface area contributed by atoms with Crippen molar-refractivity contribution in [3.05, 3.63) is 0 Å². The smallest absolute Gasteiger partial charge is 0.319 e. The number of methoxy groups -OCH3 is 4. The average Bonchev–Trinajstić information content (AvgIpc) is 2.69. The second-order valence-electron chi connectivity index (χ2n) is 6.61. The number of hydrogen-bond donors (Lipinski definition) is 0. The molecule has 10 heteroatoms. The van der Waals surface area contributed by atoms with E-state index in [2.05, 4.69) is 9.47 Å². The van der Waals surface area contributed by atoms with Crippen LogP contribution in [0.5, 0.6) is 0 Å². The van der Waals surface area contributed by atoms with E-state index in [1.807, 2.05) is 0 Å². The van der Waals surface area contributed by atoms with Crippen molar-refractivity contribution in [2.75, 3.05) is 28.4 Å². The molecule has 10 nitrogen and oxygen atoms in total. The van der Waals surface area contributed by atoms with E-state index < -0.39 is 77.4 Å². The highest BCUT2D eigenvalue weighted by Gasteiger charge is 2.71. The molecular formula is C17H20O10. The Hall–Kier alpha value is -2.78. The average molecular weight is 384 g/mol. The van der Waals surface area contributed by atoms with Crippen LogP contribution in [0.4, 0.5) is 0 Å². The van der Waals surface area contributed by atoms with Gasteiger partial charge in [0.1, 0.15) is 22.7 Å². The fourth-order valence-electron chi connectivity index (χ4n) is 4.15. The summed E-state index contributed by atoms with van der Waals surface area (Å²) < 4.78 is 18.7. The van der Waals surface area contributed by atoms with Crippen LogP contribution in [-0.4, -0.2) is 63.9 Å². The number of carbonyl (C=O) groups excluding carboxylic acids is 6. The lowest BCUT2D eigenvalue weighted by Gasteiger charge is -2.50. The van der Waals surface area contributed by atoms with E-state index in [0.29, 0.717) is 0 Å². The van der Waals surface area contributed by atoms with Crippen molar-refractivity contribution in [3.63, 3.8) is 0 Å². The molecule has 27 heavy (non-hydrogen) atoms. The summed E-state index contributed by atoms with van der Waals surface area (Å²) in [5.74, 6) is -8.90. The molecule has 0 aromatic rings. The van der Waals surface area contributed by atoms with Crippen molar-refractivity contribution in [2.24, 2.45) is 22.7 Å². The Morgan fingerprint density at radius 1 is 0.704 bits per heavy atom. The van der Waals surface area contributed by atoms with Gasteiger partial charge in [-0.1, -0.05) is 0 Å². The van der Waals surface area contributed by atoms with Crippen molar-refractivity contribution < 1.29 is 47.7 Å². The normalized spacial score (nSPS) is 32.3. The predicted octanol–water partition coefficient (Wildman–Crippen LogP) is -0.781. The molecule has 0 aromatic heterocycles. The molecule has 0 spiro atoms. The Balaban J connectivity index is 2.75. The Kier molecular flexibility index (Phi) is 5.39. The van der Waals surface area contributed by atoms with Gasteiger partial charge in [-0.15, -0.1) is 0 Å². The Morgan fingerprint density at radius 3 is 1.30 bits per heavy atom. The number of hydrogen-bond acceptors (Lipinski definition) is 10. The van der Waals surface area contributed by atoms with Crippen LogP contribution in [0.3, 0.4) is 0 Å². The molecule has 2 fully saturated rings. The van der Waals surface area contributed by atoms with Crippen molar-refractivity contribution in [3.8, 4) is 0 Å². The molecule has 0 amide bonds. The lowest BCUT2D eigenvalue weighted by Crippen LogP contribution is -2.65. The lowest BCUT2D eigenvalue weighted by molar-refractivity contribution is -0.188. The molecule has 4 unspecified atom stereocenters. The van der Waals surface area contributed by atoms with Gasteiger partial charge >= 0.3 is 23.9 Å². The molecule has 4 atom stereocenters. The summed E-state index contributed by atoms with van der Waals surface area (Å²) in [6.45, 7) is 0. The summed E-state index contributed by atoms with van der Waals surface area (Å²) in [7, 11) is 4.12. The van der Waals surface area contributed by atoms with Crippen LogP contribution in [0.1, 0.15) is 19.3 Å². The van der Waals surface area contributed by atoms with Crippen LogP contribution in [0.25, 0.3) is 0 Å². The molecule has 0 radical (unpaired) electrons. The van der Waals surface area contributed by atoms with Crippen LogP contribution in [-0.2, 0) is 47.7 Å². The van der Waals surface area contributed by atoms with E-state index in [1.165, 1.54) is 0 Å². The lowest BCUT2D eigenvalue weighted by atomic mass is 9.48. The van der Waals surface area contributed by atoms with Gasteiger partial charge in [-0.25, -0.2) is 0 Å². The van der Waals surface area contributed by atoms with Gasteiger partial charge in [0.15, 0.2) is 11.6 Å². The molecule has 2 rings (SSSR count). The third-order valence-corrected chi connectivity index (χ3v) is 5.41.